The number of benzene rings is 1. The van der Waals surface area contributed by atoms with Gasteiger partial charge in [0.05, 0.1) is 17.5 Å². The largest absolute Gasteiger partial charge is 0.369 e. The van der Waals surface area contributed by atoms with Crippen molar-refractivity contribution in [2.45, 2.75) is 12.5 Å². The van der Waals surface area contributed by atoms with E-state index in [0.29, 0.717) is 5.02 Å². The van der Waals surface area contributed by atoms with Crippen molar-refractivity contribution in [3.05, 3.63) is 27.7 Å². The molecule has 0 bridgehead atoms. The molecular formula is C12H13BrClN3O. The standard InChI is InChI=1S/C12H13BrClN3O/c1-17(2)12(18)6-9(7-15)16-8-3-4-11(14)10(13)5-8/h3-5,9,16H,6H2,1-2H3. The predicted octanol–water partition coefficient (Wildman–Crippen LogP) is 2.88. The van der Waals surface area contributed by atoms with Crippen molar-refractivity contribution in [3.8, 4) is 6.07 Å². The Hall–Kier alpha value is -1.25. The SMILES string of the molecule is CN(C)C(=O)CC(C#N)Nc1ccc(Cl)c(Br)c1. The molecule has 0 saturated carbocycles. The van der Waals surface area contributed by atoms with Crippen LogP contribution in [0.3, 0.4) is 0 Å². The Balaban J connectivity index is 2.72. The van der Waals surface area contributed by atoms with Gasteiger partial charge in [0.2, 0.25) is 5.91 Å². The fraction of sp³-hybridized carbons (Fsp3) is 0.333. The molecule has 0 saturated heterocycles. The Labute approximate surface area is 120 Å². The van der Waals surface area contributed by atoms with Crippen LogP contribution in [0.25, 0.3) is 0 Å². The average molecular weight is 331 g/mol. The van der Waals surface area contributed by atoms with E-state index in [-0.39, 0.29) is 12.3 Å². The summed E-state index contributed by atoms with van der Waals surface area (Å²) in [7, 11) is 3.32. The maximum absolute atomic E-state index is 11.5. The average Bonchev–Trinajstić information content (AvgIpc) is 2.32. The van der Waals surface area contributed by atoms with Gasteiger partial charge < -0.3 is 10.2 Å². The molecule has 0 aromatic heterocycles. The normalized spacial score (nSPS) is 11.5. The summed E-state index contributed by atoms with van der Waals surface area (Å²) in [5.41, 5.74) is 0.740. The van der Waals surface area contributed by atoms with Crippen molar-refractivity contribution in [1.82, 2.24) is 4.90 Å². The molecule has 0 aliphatic heterocycles. The van der Waals surface area contributed by atoms with E-state index in [0.717, 1.165) is 10.2 Å². The highest BCUT2D eigenvalue weighted by Crippen LogP contribution is 2.26. The molecule has 1 aromatic rings. The van der Waals surface area contributed by atoms with Crippen molar-refractivity contribution in [1.29, 1.82) is 5.26 Å². The topological polar surface area (TPSA) is 56.1 Å². The number of rotatable bonds is 4. The Kier molecular flexibility index (Phi) is 5.45. The van der Waals surface area contributed by atoms with Crippen LogP contribution in [0.1, 0.15) is 6.42 Å². The Morgan fingerprint density at radius 2 is 2.28 bits per heavy atom. The van der Waals surface area contributed by atoms with Gasteiger partial charge >= 0.3 is 0 Å². The van der Waals surface area contributed by atoms with Crippen LogP contribution in [0.5, 0.6) is 0 Å². The third kappa shape index (κ3) is 4.21. The second kappa shape index (κ2) is 6.62. The van der Waals surface area contributed by atoms with Crippen LogP contribution in [0.15, 0.2) is 22.7 Å². The number of amides is 1. The van der Waals surface area contributed by atoms with Gasteiger partial charge in [-0.3, -0.25) is 4.79 Å². The van der Waals surface area contributed by atoms with Crippen LogP contribution >= 0.6 is 27.5 Å². The van der Waals surface area contributed by atoms with E-state index in [4.69, 9.17) is 16.9 Å². The van der Waals surface area contributed by atoms with E-state index < -0.39 is 6.04 Å². The molecule has 0 fully saturated rings. The number of nitrogens with one attached hydrogen (secondary N) is 1. The Morgan fingerprint density at radius 1 is 1.61 bits per heavy atom. The minimum absolute atomic E-state index is 0.0953. The number of anilines is 1. The Morgan fingerprint density at radius 3 is 2.78 bits per heavy atom. The van der Waals surface area contributed by atoms with E-state index in [1.54, 1.807) is 32.3 Å². The van der Waals surface area contributed by atoms with E-state index in [9.17, 15) is 4.79 Å². The lowest BCUT2D eigenvalue weighted by Crippen LogP contribution is -2.29. The van der Waals surface area contributed by atoms with Gasteiger partial charge in [-0.15, -0.1) is 0 Å². The zero-order valence-corrected chi connectivity index (χ0v) is 12.4. The van der Waals surface area contributed by atoms with E-state index >= 15 is 0 Å². The van der Waals surface area contributed by atoms with Crippen molar-refractivity contribution >= 4 is 39.1 Å². The number of nitrogens with zero attached hydrogens (tertiary/aromatic N) is 2. The monoisotopic (exact) mass is 329 g/mol. The summed E-state index contributed by atoms with van der Waals surface area (Å²) in [6.45, 7) is 0. The summed E-state index contributed by atoms with van der Waals surface area (Å²) in [4.78, 5) is 13.0. The first-order valence-corrected chi connectivity index (χ1v) is 6.42. The zero-order valence-electron chi connectivity index (χ0n) is 10.1. The summed E-state index contributed by atoms with van der Waals surface area (Å²) in [6, 6.07) is 6.75. The molecule has 6 heteroatoms. The summed E-state index contributed by atoms with van der Waals surface area (Å²) in [5.74, 6) is -0.0953. The van der Waals surface area contributed by atoms with Crippen LogP contribution in [0.4, 0.5) is 5.69 Å². The van der Waals surface area contributed by atoms with Crippen LogP contribution < -0.4 is 5.32 Å². The lowest BCUT2D eigenvalue weighted by atomic mass is 10.2. The lowest BCUT2D eigenvalue weighted by molar-refractivity contribution is -0.128. The van der Waals surface area contributed by atoms with Crippen molar-refractivity contribution in [3.63, 3.8) is 0 Å². The van der Waals surface area contributed by atoms with Gasteiger partial charge in [0.15, 0.2) is 0 Å². The molecule has 1 amide bonds. The van der Waals surface area contributed by atoms with Crippen LogP contribution in [-0.4, -0.2) is 30.9 Å². The maximum atomic E-state index is 11.5. The molecule has 18 heavy (non-hydrogen) atoms. The molecule has 0 radical (unpaired) electrons. The summed E-state index contributed by atoms with van der Waals surface area (Å²) in [6.07, 6.45) is 0.129. The maximum Gasteiger partial charge on any atom is 0.225 e. The molecule has 0 aliphatic carbocycles. The number of halogens is 2. The zero-order chi connectivity index (χ0) is 13.7. The first-order chi connectivity index (χ1) is 8.43. The molecule has 0 aliphatic rings. The van der Waals surface area contributed by atoms with Gasteiger partial charge in [-0.05, 0) is 34.1 Å². The van der Waals surface area contributed by atoms with E-state index in [1.807, 2.05) is 0 Å². The molecule has 1 aromatic carbocycles. The van der Waals surface area contributed by atoms with Crippen LogP contribution in [0.2, 0.25) is 5.02 Å². The van der Waals surface area contributed by atoms with E-state index in [2.05, 4.69) is 27.3 Å². The molecule has 96 valence electrons. The molecule has 0 spiro atoms. The number of hydrogen-bond acceptors (Lipinski definition) is 3. The number of carbonyl (C=O) groups is 1. The quantitative estimate of drug-likeness (QED) is 0.923. The highest BCUT2D eigenvalue weighted by atomic mass is 79.9. The summed E-state index contributed by atoms with van der Waals surface area (Å²) < 4.78 is 0.741. The van der Waals surface area contributed by atoms with Gasteiger partial charge in [0, 0.05) is 24.3 Å². The van der Waals surface area contributed by atoms with Gasteiger partial charge in [-0.1, -0.05) is 11.6 Å². The van der Waals surface area contributed by atoms with Gasteiger partial charge in [0.25, 0.3) is 0 Å². The van der Waals surface area contributed by atoms with Crippen molar-refractivity contribution < 1.29 is 4.79 Å². The molecule has 1 N–H and O–H groups in total. The lowest BCUT2D eigenvalue weighted by Gasteiger charge is -2.16. The summed E-state index contributed by atoms with van der Waals surface area (Å²) in [5, 5.41) is 12.6. The second-order valence-electron chi connectivity index (χ2n) is 3.95. The minimum Gasteiger partial charge on any atom is -0.369 e. The highest BCUT2D eigenvalue weighted by Gasteiger charge is 2.14. The molecule has 1 unspecified atom stereocenters. The van der Waals surface area contributed by atoms with E-state index in [1.165, 1.54) is 4.90 Å². The highest BCUT2D eigenvalue weighted by molar-refractivity contribution is 9.10. The molecule has 4 nitrogen and oxygen atoms in total. The molecule has 1 rings (SSSR count). The minimum atomic E-state index is -0.562. The van der Waals surface area contributed by atoms with Gasteiger partial charge in [-0.2, -0.15) is 5.26 Å². The molecule has 1 atom stereocenters. The third-order valence-corrected chi connectivity index (χ3v) is 3.51. The van der Waals surface area contributed by atoms with Gasteiger partial charge in [0.1, 0.15) is 6.04 Å². The fourth-order valence-electron chi connectivity index (χ4n) is 1.27. The van der Waals surface area contributed by atoms with Crippen molar-refractivity contribution in [2.75, 3.05) is 19.4 Å². The number of hydrogen-bond donors (Lipinski definition) is 1. The smallest absolute Gasteiger partial charge is 0.225 e. The van der Waals surface area contributed by atoms with Gasteiger partial charge in [-0.25, -0.2) is 0 Å². The number of nitriles is 1. The van der Waals surface area contributed by atoms with Crippen molar-refractivity contribution in [2.24, 2.45) is 0 Å². The second-order valence-corrected chi connectivity index (χ2v) is 5.21. The Bertz CT molecular complexity index is 485. The first kappa shape index (κ1) is 14.8. The van der Waals surface area contributed by atoms with Crippen LogP contribution in [-0.2, 0) is 4.79 Å². The first-order valence-electron chi connectivity index (χ1n) is 5.25. The summed E-state index contributed by atoms with van der Waals surface area (Å²) >= 11 is 9.18. The third-order valence-electron chi connectivity index (χ3n) is 2.29. The fourth-order valence-corrected chi connectivity index (χ4v) is 1.77. The predicted molar refractivity (Wildman–Crippen MR) is 75.5 cm³/mol. The molecule has 0 heterocycles. The number of carbonyl (C=O) groups excluding carboxylic acids is 1. The molecular weight excluding hydrogens is 318 g/mol. The van der Waals surface area contributed by atoms with Crippen LogP contribution in [0, 0.1) is 11.3 Å².